The molecule has 3 nitrogen and oxygen atoms in total. The van der Waals surface area contributed by atoms with Gasteiger partial charge in [0.05, 0.1) is 10.7 Å². The molecule has 1 atom stereocenters. The van der Waals surface area contributed by atoms with E-state index in [2.05, 4.69) is 73.5 Å². The second kappa shape index (κ2) is 8.21. The van der Waals surface area contributed by atoms with Gasteiger partial charge in [0.2, 0.25) is 5.11 Å². The van der Waals surface area contributed by atoms with Crippen molar-refractivity contribution >= 4 is 46.1 Å². The third-order valence-corrected chi connectivity index (χ3v) is 6.20. The largest absolute Gasteiger partial charge is 0.341 e. The fourth-order valence-corrected chi connectivity index (χ4v) is 4.65. The summed E-state index contributed by atoms with van der Waals surface area (Å²) in [7, 11) is 0. The molecule has 1 aliphatic rings. The van der Waals surface area contributed by atoms with Crippen molar-refractivity contribution in [2.45, 2.75) is 32.7 Å². The van der Waals surface area contributed by atoms with Crippen LogP contribution in [0.5, 0.6) is 0 Å². The van der Waals surface area contributed by atoms with Gasteiger partial charge in [-0.05, 0) is 61.8 Å². The highest BCUT2D eigenvalue weighted by atomic mass is 35.5. The lowest BCUT2D eigenvalue weighted by molar-refractivity contribution is 0.626. The fraction of sp³-hybridized carbons (Fsp3) is 0.200. The standard InChI is InChI=1S/C25H24ClN3S/c1-17-10-9-11-18(2)22(17)27-23-25(3,16-19-12-5-4-6-13-19)29(24(30)28-23)21-15-8-7-14-20(21)26/h4-15H,16H2,1-3H3,(H,27,28,30). The van der Waals surface area contributed by atoms with Gasteiger partial charge in [-0.15, -0.1) is 0 Å². The lowest BCUT2D eigenvalue weighted by Crippen LogP contribution is -2.53. The van der Waals surface area contributed by atoms with Gasteiger partial charge < -0.3 is 10.2 Å². The molecule has 4 rings (SSSR count). The Kier molecular flexibility index (Phi) is 5.63. The number of aryl methyl sites for hydroxylation is 2. The number of benzene rings is 3. The summed E-state index contributed by atoms with van der Waals surface area (Å²) in [5.74, 6) is 0.827. The molecule has 1 heterocycles. The number of anilines is 2. The number of nitrogens with one attached hydrogen (secondary N) is 1. The minimum absolute atomic E-state index is 0.510. The number of para-hydroxylation sites is 2. The van der Waals surface area contributed by atoms with Crippen LogP contribution in [-0.2, 0) is 6.42 Å². The number of hydrogen-bond acceptors (Lipinski definition) is 2. The number of aliphatic imine (C=N–C) groups is 1. The first-order valence-corrected chi connectivity index (χ1v) is 10.7. The van der Waals surface area contributed by atoms with Crippen molar-refractivity contribution in [2.24, 2.45) is 4.99 Å². The van der Waals surface area contributed by atoms with Crippen molar-refractivity contribution < 1.29 is 0 Å². The van der Waals surface area contributed by atoms with Crippen molar-refractivity contribution in [1.29, 1.82) is 0 Å². The van der Waals surface area contributed by atoms with Crippen LogP contribution in [0.2, 0.25) is 5.02 Å². The molecular formula is C25H24ClN3S. The normalized spacial score (nSPS) is 18.5. The highest BCUT2D eigenvalue weighted by molar-refractivity contribution is 7.80. The molecular weight excluding hydrogens is 410 g/mol. The predicted molar refractivity (Wildman–Crippen MR) is 132 cm³/mol. The average molecular weight is 434 g/mol. The number of halogens is 1. The molecule has 0 saturated carbocycles. The van der Waals surface area contributed by atoms with Crippen molar-refractivity contribution in [1.82, 2.24) is 0 Å². The molecule has 5 heteroatoms. The Morgan fingerprint density at radius 3 is 2.23 bits per heavy atom. The molecule has 0 radical (unpaired) electrons. The molecule has 3 aromatic carbocycles. The van der Waals surface area contributed by atoms with Gasteiger partial charge in [0, 0.05) is 12.1 Å². The molecule has 0 aromatic heterocycles. The van der Waals surface area contributed by atoms with E-state index in [1.165, 1.54) is 16.7 Å². The molecule has 0 amide bonds. The first-order chi connectivity index (χ1) is 14.4. The number of hydrogen-bond donors (Lipinski definition) is 1. The Labute approximate surface area is 188 Å². The Morgan fingerprint density at radius 2 is 1.57 bits per heavy atom. The minimum Gasteiger partial charge on any atom is -0.341 e. The van der Waals surface area contributed by atoms with Crippen LogP contribution >= 0.6 is 23.8 Å². The van der Waals surface area contributed by atoms with Gasteiger partial charge in [0.15, 0.2) is 0 Å². The van der Waals surface area contributed by atoms with E-state index < -0.39 is 5.54 Å². The van der Waals surface area contributed by atoms with Crippen LogP contribution in [0.25, 0.3) is 0 Å². The lowest BCUT2D eigenvalue weighted by Gasteiger charge is -2.38. The summed E-state index contributed by atoms with van der Waals surface area (Å²) in [6.45, 7) is 6.37. The van der Waals surface area contributed by atoms with Crippen molar-refractivity contribution in [3.8, 4) is 0 Å². The zero-order valence-corrected chi connectivity index (χ0v) is 18.9. The zero-order valence-electron chi connectivity index (χ0n) is 17.3. The van der Waals surface area contributed by atoms with Crippen LogP contribution in [-0.4, -0.2) is 16.5 Å². The lowest BCUT2D eigenvalue weighted by atomic mass is 9.89. The van der Waals surface area contributed by atoms with E-state index in [0.717, 1.165) is 23.6 Å². The van der Waals surface area contributed by atoms with Crippen LogP contribution < -0.4 is 10.2 Å². The van der Waals surface area contributed by atoms with E-state index in [1.54, 1.807) is 0 Å². The average Bonchev–Trinajstić information content (AvgIpc) is 2.95. The summed E-state index contributed by atoms with van der Waals surface area (Å²) in [4.78, 5) is 6.90. The maximum atomic E-state index is 6.59. The molecule has 0 bridgehead atoms. The second-order valence-corrected chi connectivity index (χ2v) is 8.63. The van der Waals surface area contributed by atoms with Gasteiger partial charge in [-0.1, -0.05) is 72.3 Å². The molecule has 152 valence electrons. The van der Waals surface area contributed by atoms with Crippen LogP contribution in [0.4, 0.5) is 11.4 Å². The van der Waals surface area contributed by atoms with Gasteiger partial charge in [-0.2, -0.15) is 0 Å². The Hall–Kier alpha value is -2.69. The summed E-state index contributed by atoms with van der Waals surface area (Å²) in [6, 6.07) is 24.5. The molecule has 3 aromatic rings. The van der Waals surface area contributed by atoms with Gasteiger partial charge in [0.25, 0.3) is 0 Å². The smallest absolute Gasteiger partial charge is 0.202 e. The monoisotopic (exact) mass is 433 g/mol. The van der Waals surface area contributed by atoms with E-state index in [4.69, 9.17) is 28.8 Å². The van der Waals surface area contributed by atoms with Crippen LogP contribution in [0.15, 0.2) is 77.8 Å². The molecule has 0 aliphatic carbocycles. The molecule has 0 fully saturated rings. The quantitative estimate of drug-likeness (QED) is 0.471. The van der Waals surface area contributed by atoms with Crippen molar-refractivity contribution in [2.75, 3.05) is 10.2 Å². The van der Waals surface area contributed by atoms with E-state index in [-0.39, 0.29) is 0 Å². The fourth-order valence-electron chi connectivity index (χ4n) is 4.03. The molecule has 1 unspecified atom stereocenters. The maximum absolute atomic E-state index is 6.59. The summed E-state index contributed by atoms with van der Waals surface area (Å²) < 4.78 is 0. The Bertz CT molecular complexity index is 1110. The topological polar surface area (TPSA) is 27.6 Å². The first-order valence-electron chi connectivity index (χ1n) is 9.95. The van der Waals surface area contributed by atoms with Gasteiger partial charge in [-0.25, -0.2) is 4.99 Å². The van der Waals surface area contributed by atoms with Gasteiger partial charge in [0.1, 0.15) is 11.4 Å². The molecule has 1 N–H and O–H groups in total. The third kappa shape index (κ3) is 3.73. The SMILES string of the molecule is Cc1cccc(C)c1NC1=NC(=S)N(c2ccccc2Cl)C1(C)Cc1ccccc1. The maximum Gasteiger partial charge on any atom is 0.202 e. The summed E-state index contributed by atoms with van der Waals surface area (Å²) in [5, 5.41) is 4.78. The van der Waals surface area contributed by atoms with Crippen LogP contribution in [0, 0.1) is 13.8 Å². The number of amidine groups is 1. The summed E-state index contributed by atoms with van der Waals surface area (Å²) in [6.07, 6.45) is 0.732. The molecule has 30 heavy (non-hydrogen) atoms. The third-order valence-electron chi connectivity index (χ3n) is 5.61. The molecule has 1 aliphatic heterocycles. The van der Waals surface area contributed by atoms with Crippen molar-refractivity contribution in [3.63, 3.8) is 0 Å². The number of thiocarbonyl (C=S) groups is 1. The summed E-state index contributed by atoms with van der Waals surface area (Å²) in [5.41, 5.74) is 4.96. The van der Waals surface area contributed by atoms with Crippen LogP contribution in [0.1, 0.15) is 23.6 Å². The molecule has 0 spiro atoms. The molecule has 0 saturated heterocycles. The Balaban J connectivity index is 1.81. The highest BCUT2D eigenvalue weighted by Gasteiger charge is 2.46. The van der Waals surface area contributed by atoms with E-state index in [0.29, 0.717) is 10.1 Å². The first kappa shape index (κ1) is 20.6. The minimum atomic E-state index is -0.516. The van der Waals surface area contributed by atoms with E-state index in [1.807, 2.05) is 30.3 Å². The van der Waals surface area contributed by atoms with Gasteiger partial charge >= 0.3 is 0 Å². The second-order valence-electron chi connectivity index (χ2n) is 7.86. The summed E-state index contributed by atoms with van der Waals surface area (Å²) >= 11 is 12.3. The van der Waals surface area contributed by atoms with E-state index >= 15 is 0 Å². The van der Waals surface area contributed by atoms with Gasteiger partial charge in [-0.3, -0.25) is 0 Å². The zero-order chi connectivity index (χ0) is 21.3. The highest BCUT2D eigenvalue weighted by Crippen LogP contribution is 2.38. The predicted octanol–water partition coefficient (Wildman–Crippen LogP) is 6.57. The van der Waals surface area contributed by atoms with E-state index in [9.17, 15) is 0 Å². The van der Waals surface area contributed by atoms with Crippen molar-refractivity contribution in [3.05, 3.63) is 94.5 Å². The number of nitrogens with zero attached hydrogens (tertiary/aromatic N) is 2. The number of rotatable bonds is 4. The van der Waals surface area contributed by atoms with Crippen LogP contribution in [0.3, 0.4) is 0 Å². The Morgan fingerprint density at radius 1 is 0.933 bits per heavy atom.